The largest absolute Gasteiger partial charge is 0.504 e. The van der Waals surface area contributed by atoms with Crippen LogP contribution in [0.1, 0.15) is 48.7 Å². The number of ketones is 1. The Hall–Kier alpha value is -3.67. The van der Waals surface area contributed by atoms with Crippen molar-refractivity contribution in [3.8, 4) is 23.0 Å². The molecule has 0 radical (unpaired) electrons. The second-order valence-corrected chi connectivity index (χ2v) is 7.97. The molecule has 1 unspecified atom stereocenters. The van der Waals surface area contributed by atoms with Gasteiger partial charge in [0, 0.05) is 5.56 Å². The molecule has 0 fully saturated rings. The minimum Gasteiger partial charge on any atom is -0.504 e. The molecule has 4 N–H and O–H groups in total. The van der Waals surface area contributed by atoms with Gasteiger partial charge in [0.05, 0.1) is 7.11 Å². The van der Waals surface area contributed by atoms with Crippen molar-refractivity contribution in [1.82, 2.24) is 0 Å². The van der Waals surface area contributed by atoms with Gasteiger partial charge in [-0.2, -0.15) is 0 Å². The van der Waals surface area contributed by atoms with E-state index in [1.165, 1.54) is 13.2 Å². The number of methoxy groups -OCH3 is 1. The highest BCUT2D eigenvalue weighted by Gasteiger charge is 2.31. The van der Waals surface area contributed by atoms with Gasteiger partial charge in [-0.05, 0) is 51.2 Å². The van der Waals surface area contributed by atoms with E-state index in [9.17, 15) is 25.2 Å². The number of ether oxygens (including phenoxy) is 1. The van der Waals surface area contributed by atoms with Gasteiger partial charge in [-0.25, -0.2) is 0 Å². The fourth-order valence-electron chi connectivity index (χ4n) is 3.35. The van der Waals surface area contributed by atoms with Gasteiger partial charge >= 0.3 is 0 Å². The summed E-state index contributed by atoms with van der Waals surface area (Å²) in [6, 6.07) is 8.68. The van der Waals surface area contributed by atoms with E-state index >= 15 is 0 Å². The van der Waals surface area contributed by atoms with Crippen LogP contribution in [0, 0.1) is 5.92 Å². The van der Waals surface area contributed by atoms with Gasteiger partial charge < -0.3 is 25.2 Å². The zero-order valence-corrected chi connectivity index (χ0v) is 18.8. The van der Waals surface area contributed by atoms with Crippen molar-refractivity contribution in [2.75, 3.05) is 7.11 Å². The van der Waals surface area contributed by atoms with Gasteiger partial charge in [0.25, 0.3) is 0 Å². The quantitative estimate of drug-likeness (QED) is 0.132. The maximum atomic E-state index is 13.0. The molecular weight excluding hydrogens is 408 g/mol. The lowest BCUT2D eigenvalue weighted by Crippen LogP contribution is -2.11. The lowest BCUT2D eigenvalue weighted by Gasteiger charge is -2.21. The molecule has 0 heterocycles. The standard InChI is InChI=1S/C26H30O6/c1-15(2)11-12-18(16(3)4)14-19-22(28)25(31)24(30)21(26(19)32-5)23(29)20(27)13-17-9-7-6-8-10-17/h6-11,13,18,27-28,30-31H,3,12,14H2,1-2,4-5H3. The number of carbonyl (C=O) groups is 1. The van der Waals surface area contributed by atoms with Gasteiger partial charge in [-0.15, -0.1) is 0 Å². The molecule has 1 atom stereocenters. The fraction of sp³-hybridized carbons (Fsp3) is 0.269. The number of aliphatic hydroxyl groups excluding tert-OH is 1. The third-order valence-electron chi connectivity index (χ3n) is 5.20. The molecule has 2 aromatic rings. The summed E-state index contributed by atoms with van der Waals surface area (Å²) in [6.07, 6.45) is 4.11. The molecule has 0 aromatic heterocycles. The molecule has 6 heteroatoms. The van der Waals surface area contributed by atoms with E-state index in [2.05, 4.69) is 6.58 Å². The van der Waals surface area contributed by atoms with Crippen LogP contribution in [0.5, 0.6) is 23.0 Å². The number of aromatic hydroxyl groups is 3. The van der Waals surface area contributed by atoms with E-state index in [1.54, 1.807) is 30.3 Å². The molecule has 2 rings (SSSR count). The third-order valence-corrected chi connectivity index (χ3v) is 5.20. The third kappa shape index (κ3) is 5.52. The Morgan fingerprint density at radius 1 is 1.06 bits per heavy atom. The summed E-state index contributed by atoms with van der Waals surface area (Å²) in [5, 5.41) is 41.7. The Bertz CT molecular complexity index is 1060. The second kappa shape index (κ2) is 10.6. The number of hydrogen-bond donors (Lipinski definition) is 4. The van der Waals surface area contributed by atoms with Crippen LogP contribution in [-0.2, 0) is 6.42 Å². The van der Waals surface area contributed by atoms with Crippen molar-refractivity contribution in [3.63, 3.8) is 0 Å². The minimum absolute atomic E-state index is 0.112. The number of allylic oxidation sites excluding steroid dienone is 4. The normalized spacial score (nSPS) is 12.2. The molecule has 170 valence electrons. The molecule has 0 spiro atoms. The molecule has 0 aliphatic carbocycles. The van der Waals surface area contributed by atoms with Crippen LogP contribution >= 0.6 is 0 Å². The summed E-state index contributed by atoms with van der Waals surface area (Å²) in [7, 11) is 1.29. The molecule has 0 bridgehead atoms. The van der Waals surface area contributed by atoms with Crippen LogP contribution in [0.15, 0.2) is 59.9 Å². The highest BCUT2D eigenvalue weighted by molar-refractivity contribution is 6.14. The van der Waals surface area contributed by atoms with Gasteiger partial charge in [-0.1, -0.05) is 54.1 Å². The predicted octanol–water partition coefficient (Wildman–Crippen LogP) is 5.68. The molecule has 0 aliphatic rings. The average Bonchev–Trinajstić information content (AvgIpc) is 2.75. The van der Waals surface area contributed by atoms with Crippen molar-refractivity contribution >= 4 is 11.9 Å². The van der Waals surface area contributed by atoms with Crippen molar-refractivity contribution in [2.45, 2.75) is 33.6 Å². The molecule has 32 heavy (non-hydrogen) atoms. The number of phenolic OH excluding ortho intramolecular Hbond substituents is 3. The Balaban J connectivity index is 2.61. The van der Waals surface area contributed by atoms with Crippen molar-refractivity contribution in [1.29, 1.82) is 0 Å². The van der Waals surface area contributed by atoms with Gasteiger partial charge in [-0.3, -0.25) is 4.79 Å². The van der Waals surface area contributed by atoms with Crippen LogP contribution in [0.2, 0.25) is 0 Å². The summed E-state index contributed by atoms with van der Waals surface area (Å²) >= 11 is 0. The van der Waals surface area contributed by atoms with Gasteiger partial charge in [0.15, 0.2) is 17.3 Å². The Morgan fingerprint density at radius 2 is 1.69 bits per heavy atom. The van der Waals surface area contributed by atoms with Gasteiger partial charge in [0.1, 0.15) is 11.3 Å². The number of Topliss-reactive ketones (excluding diaryl/α,β-unsaturated/α-hetero) is 1. The minimum atomic E-state index is -0.948. The average molecular weight is 439 g/mol. The molecule has 0 saturated heterocycles. The first-order valence-electron chi connectivity index (χ1n) is 10.2. The van der Waals surface area contributed by atoms with E-state index in [1.807, 2.05) is 26.8 Å². The van der Waals surface area contributed by atoms with Crippen LogP contribution in [-0.4, -0.2) is 33.3 Å². The zero-order valence-electron chi connectivity index (χ0n) is 18.8. The fourth-order valence-corrected chi connectivity index (χ4v) is 3.35. The lowest BCUT2D eigenvalue weighted by atomic mass is 9.87. The predicted molar refractivity (Wildman–Crippen MR) is 125 cm³/mol. The highest BCUT2D eigenvalue weighted by Crippen LogP contribution is 2.49. The maximum Gasteiger partial charge on any atom is 0.234 e. The summed E-state index contributed by atoms with van der Waals surface area (Å²) < 4.78 is 5.39. The van der Waals surface area contributed by atoms with Gasteiger partial charge in [0.2, 0.25) is 11.5 Å². The highest BCUT2D eigenvalue weighted by atomic mass is 16.5. The van der Waals surface area contributed by atoms with Crippen LogP contribution in [0.25, 0.3) is 6.08 Å². The zero-order chi connectivity index (χ0) is 24.0. The second-order valence-electron chi connectivity index (χ2n) is 7.97. The number of rotatable bonds is 9. The first kappa shape index (κ1) is 24.6. The van der Waals surface area contributed by atoms with Crippen LogP contribution < -0.4 is 4.74 Å². The van der Waals surface area contributed by atoms with Crippen LogP contribution in [0.4, 0.5) is 0 Å². The summed E-state index contributed by atoms with van der Waals surface area (Å²) in [4.78, 5) is 13.0. The maximum absolute atomic E-state index is 13.0. The van der Waals surface area contributed by atoms with E-state index < -0.39 is 34.4 Å². The Labute approximate surface area is 188 Å². The molecular formula is C26H30O6. The summed E-state index contributed by atoms with van der Waals surface area (Å²) in [5.74, 6) is -4.12. The number of aliphatic hydroxyl groups is 1. The first-order chi connectivity index (χ1) is 15.1. The van der Waals surface area contributed by atoms with Crippen molar-refractivity contribution < 1.29 is 30.0 Å². The Morgan fingerprint density at radius 3 is 2.22 bits per heavy atom. The van der Waals surface area contributed by atoms with Crippen LogP contribution in [0.3, 0.4) is 0 Å². The molecule has 2 aromatic carbocycles. The number of benzene rings is 2. The lowest BCUT2D eigenvalue weighted by molar-refractivity contribution is 0.0973. The summed E-state index contributed by atoms with van der Waals surface area (Å²) in [5.41, 5.74) is 2.26. The van der Waals surface area contributed by atoms with E-state index in [0.717, 1.165) is 11.1 Å². The molecule has 0 saturated carbocycles. The molecule has 0 amide bonds. The summed E-state index contributed by atoms with van der Waals surface area (Å²) in [6.45, 7) is 9.80. The smallest absolute Gasteiger partial charge is 0.234 e. The van der Waals surface area contributed by atoms with Crippen molar-refractivity contribution in [3.05, 3.63) is 76.6 Å². The van der Waals surface area contributed by atoms with Crippen molar-refractivity contribution in [2.24, 2.45) is 5.92 Å². The first-order valence-corrected chi connectivity index (χ1v) is 10.2. The topological polar surface area (TPSA) is 107 Å². The molecule has 6 nitrogen and oxygen atoms in total. The number of carbonyl (C=O) groups excluding carboxylic acids is 1. The Kier molecular flexibility index (Phi) is 8.13. The monoisotopic (exact) mass is 438 g/mol. The SMILES string of the molecule is C=C(C)C(CC=C(C)C)Cc1c(O)c(O)c(O)c(C(=O)C(O)=Cc2ccccc2)c1OC. The van der Waals surface area contributed by atoms with E-state index in [0.29, 0.717) is 12.0 Å². The number of hydrogen-bond acceptors (Lipinski definition) is 6. The van der Waals surface area contributed by atoms with E-state index in [-0.39, 0.29) is 23.7 Å². The molecule has 0 aliphatic heterocycles. The number of phenols is 3. The van der Waals surface area contributed by atoms with E-state index in [4.69, 9.17) is 4.74 Å².